The number of cyclic esters (lactones) is 2. The highest BCUT2D eigenvalue weighted by atomic mass is 16.7. The quantitative estimate of drug-likeness (QED) is 0.184. The van der Waals surface area contributed by atoms with Gasteiger partial charge in [-0.05, 0) is 114 Å². The number of aliphatic hydroxyl groups is 8. The molecule has 0 spiro atoms. The second-order valence-electron chi connectivity index (χ2n) is 23.0. The van der Waals surface area contributed by atoms with Crippen LogP contribution in [0.4, 0.5) is 0 Å². The number of hydrogen-bond acceptors (Lipinski definition) is 17. The fourth-order valence-electron chi connectivity index (χ4n) is 11.3. The maximum absolute atomic E-state index is 13.6. The standard InChI is InChI=1S/C30H58N2O8.C22H43NO6/c1-12-23-17(3)25(33)20(6)32(11)15-16(2)14-30(8,37)28(35)18(4)27(19(5)29(36)39-23)40-24-13-22(31(9)10)26(34)21(7)38-24;1-9-17-13(3)19(25)16(6)23(8)11-12(2)10-22(7,28)20(26)14(4)18(24)15(5)21(27)29-17/h16-28,33-35,37H,12-15H2,1-11H3;12-20,24-26,28H,9-11H2,1-8H3/t16-,17+,18+,19-,20-,21?,22?,23-,24+,25+,26-,27+,28-,30-;12-,13+,14+,15-,16-,17-,18+,19+,20-,22-/m11/s1. The normalized spacial score (nSPS) is 47.3. The van der Waals surface area contributed by atoms with Crippen molar-refractivity contribution in [3.63, 3.8) is 0 Å². The molecule has 0 amide bonds. The Morgan fingerprint density at radius 1 is 0.609 bits per heavy atom. The van der Waals surface area contributed by atoms with E-state index in [0.717, 1.165) is 0 Å². The molecular formula is C52H101N3O14. The smallest absolute Gasteiger partial charge is 0.311 e. The fourth-order valence-corrected chi connectivity index (χ4v) is 11.3. The van der Waals surface area contributed by atoms with Gasteiger partial charge in [-0.3, -0.25) is 9.59 Å². The lowest BCUT2D eigenvalue weighted by Crippen LogP contribution is -2.56. The third kappa shape index (κ3) is 16.7. The second-order valence-corrected chi connectivity index (χ2v) is 23.0. The molecule has 0 radical (unpaired) electrons. The molecule has 69 heavy (non-hydrogen) atoms. The fraction of sp³-hybridized carbons (Fsp3) is 0.962. The maximum Gasteiger partial charge on any atom is 0.311 e. The number of aliphatic hydroxyl groups excluding tert-OH is 6. The first kappa shape index (κ1) is 63.5. The van der Waals surface area contributed by atoms with Gasteiger partial charge in [0, 0.05) is 61.3 Å². The highest BCUT2D eigenvalue weighted by Gasteiger charge is 2.47. The van der Waals surface area contributed by atoms with Crippen molar-refractivity contribution in [3.05, 3.63) is 0 Å². The first-order valence-electron chi connectivity index (χ1n) is 26.0. The summed E-state index contributed by atoms with van der Waals surface area (Å²) in [4.78, 5) is 32.3. The number of ether oxygens (including phenoxy) is 4. The van der Waals surface area contributed by atoms with Crippen LogP contribution in [0.1, 0.15) is 136 Å². The molecule has 0 saturated carbocycles. The van der Waals surface area contributed by atoms with Crippen LogP contribution >= 0.6 is 0 Å². The molecule has 0 bridgehead atoms. The van der Waals surface area contributed by atoms with Crippen molar-refractivity contribution in [2.24, 2.45) is 47.3 Å². The number of nitrogens with zero attached hydrogens (tertiary/aromatic N) is 3. The van der Waals surface area contributed by atoms with Gasteiger partial charge in [0.1, 0.15) is 12.2 Å². The van der Waals surface area contributed by atoms with E-state index in [1.807, 2.05) is 93.4 Å². The third-order valence-corrected chi connectivity index (χ3v) is 16.4. The van der Waals surface area contributed by atoms with Gasteiger partial charge in [-0.1, -0.05) is 55.4 Å². The van der Waals surface area contributed by atoms with Crippen LogP contribution in [0.15, 0.2) is 0 Å². The first-order chi connectivity index (χ1) is 31.7. The van der Waals surface area contributed by atoms with Crippen LogP contribution in [0.2, 0.25) is 0 Å². The van der Waals surface area contributed by atoms with Crippen LogP contribution in [-0.2, 0) is 28.5 Å². The van der Waals surface area contributed by atoms with Crippen LogP contribution < -0.4 is 0 Å². The Morgan fingerprint density at radius 3 is 1.39 bits per heavy atom. The van der Waals surface area contributed by atoms with E-state index in [-0.39, 0.29) is 41.8 Å². The van der Waals surface area contributed by atoms with Crippen LogP contribution in [0, 0.1) is 47.3 Å². The van der Waals surface area contributed by atoms with Crippen LogP contribution in [0.25, 0.3) is 0 Å². The number of rotatable bonds is 5. The Morgan fingerprint density at radius 2 is 1.00 bits per heavy atom. The number of likely N-dealkylation sites (N-methyl/N-ethyl adjacent to an activating group) is 3. The summed E-state index contributed by atoms with van der Waals surface area (Å²) in [6.45, 7) is 28.4. The monoisotopic (exact) mass is 992 g/mol. The van der Waals surface area contributed by atoms with Crippen molar-refractivity contribution in [3.8, 4) is 0 Å². The molecule has 3 fully saturated rings. The predicted molar refractivity (Wildman–Crippen MR) is 266 cm³/mol. The summed E-state index contributed by atoms with van der Waals surface area (Å²) in [6, 6.07) is -0.599. The number of esters is 2. The Bertz CT molecular complexity index is 1540. The highest BCUT2D eigenvalue weighted by molar-refractivity contribution is 5.73. The molecule has 3 rings (SSSR count). The molecule has 3 aliphatic heterocycles. The van der Waals surface area contributed by atoms with E-state index in [2.05, 4.69) is 4.90 Å². The van der Waals surface area contributed by atoms with Crippen molar-refractivity contribution < 1.29 is 69.4 Å². The Balaban J connectivity index is 0.000000499. The average Bonchev–Trinajstić information content (AvgIpc) is 3.28. The third-order valence-electron chi connectivity index (χ3n) is 16.4. The van der Waals surface area contributed by atoms with Crippen molar-refractivity contribution in [2.75, 3.05) is 41.3 Å². The van der Waals surface area contributed by atoms with Crippen LogP contribution in [0.5, 0.6) is 0 Å². The molecule has 2 unspecified atom stereocenters. The SMILES string of the molecule is CC[C@H]1OC(=O)[C@H](C)[C@@H](O)[C@H](C)[C@@H](O)[C@](C)(O)C[C@@H](C)CN(C)[C@H](C)[C@@H](O)[C@H]1C.CC[C@H]1OC(=O)[C@H](C)[C@@H](O[C@H]2CC(N(C)C)[C@H](O)C(C)O2)[C@H](C)[C@@H](O)[C@](C)(O)C[C@@H](C)CN(C)[C@H](C)[C@@H](O)[C@H]1C. The molecule has 24 atom stereocenters. The molecule has 0 aliphatic carbocycles. The number of carbonyl (C=O) groups excluding carboxylic acids is 2. The molecule has 0 aromatic rings. The van der Waals surface area contributed by atoms with Gasteiger partial charge in [-0.2, -0.15) is 0 Å². The lowest BCUT2D eigenvalue weighted by molar-refractivity contribution is -0.268. The average molecular weight is 992 g/mol. The van der Waals surface area contributed by atoms with Crippen molar-refractivity contribution in [1.29, 1.82) is 0 Å². The maximum atomic E-state index is 13.6. The lowest BCUT2D eigenvalue weighted by Gasteiger charge is -2.44. The minimum absolute atomic E-state index is 0.0124. The van der Waals surface area contributed by atoms with Gasteiger partial charge in [-0.25, -0.2) is 0 Å². The summed E-state index contributed by atoms with van der Waals surface area (Å²) in [5, 5.41) is 88.0. The summed E-state index contributed by atoms with van der Waals surface area (Å²) < 4.78 is 24.1. The molecule has 0 aromatic heterocycles. The Kier molecular flexibility index (Phi) is 25.0. The zero-order valence-electron chi connectivity index (χ0n) is 46.0. The largest absolute Gasteiger partial charge is 0.462 e. The van der Waals surface area contributed by atoms with E-state index in [9.17, 15) is 50.4 Å². The summed E-state index contributed by atoms with van der Waals surface area (Å²) in [5.41, 5.74) is -2.89. The van der Waals surface area contributed by atoms with Gasteiger partial charge in [0.2, 0.25) is 0 Å². The van der Waals surface area contributed by atoms with Crippen LogP contribution in [0.3, 0.4) is 0 Å². The Hall–Kier alpha value is -1.58. The van der Waals surface area contributed by atoms with E-state index < -0.39 is 114 Å². The molecule has 0 aromatic carbocycles. The number of hydrogen-bond donors (Lipinski definition) is 8. The van der Waals surface area contributed by atoms with Crippen LogP contribution in [-0.4, -0.2) is 205 Å². The van der Waals surface area contributed by atoms with Crippen molar-refractivity contribution in [1.82, 2.24) is 14.7 Å². The van der Waals surface area contributed by atoms with E-state index >= 15 is 0 Å². The zero-order valence-corrected chi connectivity index (χ0v) is 46.0. The van der Waals surface area contributed by atoms with E-state index in [4.69, 9.17) is 18.9 Å². The summed E-state index contributed by atoms with van der Waals surface area (Å²) in [6.07, 6.45) is -6.67. The van der Waals surface area contributed by atoms with E-state index in [0.29, 0.717) is 45.2 Å². The highest BCUT2D eigenvalue weighted by Crippen LogP contribution is 2.36. The van der Waals surface area contributed by atoms with Gasteiger partial charge in [0.15, 0.2) is 6.29 Å². The molecule has 17 nitrogen and oxygen atoms in total. The van der Waals surface area contributed by atoms with Gasteiger partial charge < -0.3 is 74.5 Å². The molecule has 3 aliphatic rings. The number of carbonyl (C=O) groups is 2. The Labute approximate surface area is 416 Å². The molecule has 17 heteroatoms. The molecule has 3 saturated heterocycles. The molecule has 8 N–H and O–H groups in total. The zero-order chi connectivity index (χ0) is 53.4. The minimum atomic E-state index is -1.46. The summed E-state index contributed by atoms with van der Waals surface area (Å²) >= 11 is 0. The van der Waals surface area contributed by atoms with Gasteiger partial charge >= 0.3 is 11.9 Å². The van der Waals surface area contributed by atoms with E-state index in [1.165, 1.54) is 0 Å². The van der Waals surface area contributed by atoms with Crippen molar-refractivity contribution >= 4 is 11.9 Å². The topological polar surface area (TPSA) is 243 Å². The molecule has 408 valence electrons. The minimum Gasteiger partial charge on any atom is -0.462 e. The van der Waals surface area contributed by atoms with E-state index in [1.54, 1.807) is 48.5 Å². The molecular weight excluding hydrogens is 891 g/mol. The summed E-state index contributed by atoms with van der Waals surface area (Å²) in [5.74, 6) is -4.63. The summed E-state index contributed by atoms with van der Waals surface area (Å²) in [7, 11) is 7.62. The van der Waals surface area contributed by atoms with Gasteiger partial charge in [0.05, 0.1) is 71.9 Å². The molecule has 3 heterocycles. The van der Waals surface area contributed by atoms with Gasteiger partial charge in [0.25, 0.3) is 0 Å². The predicted octanol–water partition coefficient (Wildman–Crippen LogP) is 3.27. The lowest BCUT2D eigenvalue weighted by atomic mass is 9.78. The van der Waals surface area contributed by atoms with Crippen molar-refractivity contribution in [2.45, 2.75) is 233 Å². The second kappa shape index (κ2) is 27.1. The van der Waals surface area contributed by atoms with Gasteiger partial charge in [-0.15, -0.1) is 0 Å². The first-order valence-corrected chi connectivity index (χ1v) is 26.0.